The summed E-state index contributed by atoms with van der Waals surface area (Å²) in [6.07, 6.45) is 5.79. The molecule has 3 rings (SSSR count). The van der Waals surface area contributed by atoms with Gasteiger partial charge in [-0.25, -0.2) is 4.98 Å². The lowest BCUT2D eigenvalue weighted by Crippen LogP contribution is -2.36. The summed E-state index contributed by atoms with van der Waals surface area (Å²) in [7, 11) is 1.88. The number of aliphatic carboxylic acids is 1. The van der Waals surface area contributed by atoms with Crippen LogP contribution in [0.1, 0.15) is 60.6 Å². The second-order valence-corrected chi connectivity index (χ2v) is 7.79. The Kier molecular flexibility index (Phi) is 4.71. The van der Waals surface area contributed by atoms with Crippen molar-refractivity contribution in [1.29, 1.82) is 0 Å². The minimum Gasteiger partial charge on any atom is -0.481 e. The number of hydrogen-bond acceptors (Lipinski definition) is 4. The fourth-order valence-corrected chi connectivity index (χ4v) is 5.07. The maximum absolute atomic E-state index is 12.8. The molecule has 0 saturated heterocycles. The molecular weight excluding hydrogens is 312 g/mol. The number of amides is 1. The number of thiazole rings is 1. The molecule has 1 aromatic heterocycles. The zero-order valence-electron chi connectivity index (χ0n) is 13.7. The number of carbonyl (C=O) groups is 2. The third kappa shape index (κ3) is 3.13. The monoisotopic (exact) mass is 336 g/mol. The number of aryl methyl sites for hydroxylation is 2. The molecule has 1 heterocycles. The van der Waals surface area contributed by atoms with Crippen LogP contribution in [0.25, 0.3) is 0 Å². The van der Waals surface area contributed by atoms with E-state index in [2.05, 4.69) is 6.92 Å². The van der Waals surface area contributed by atoms with Gasteiger partial charge < -0.3 is 10.0 Å². The highest BCUT2D eigenvalue weighted by atomic mass is 32.1. The van der Waals surface area contributed by atoms with E-state index in [1.807, 2.05) is 11.9 Å². The van der Waals surface area contributed by atoms with Gasteiger partial charge >= 0.3 is 5.97 Å². The van der Waals surface area contributed by atoms with Crippen LogP contribution in [-0.2, 0) is 22.4 Å². The molecule has 126 valence electrons. The highest BCUT2D eigenvalue weighted by Crippen LogP contribution is 2.40. The molecule has 6 heteroatoms. The summed E-state index contributed by atoms with van der Waals surface area (Å²) in [6, 6.07) is 0.118. The Bertz CT molecular complexity index is 613. The van der Waals surface area contributed by atoms with Crippen LogP contribution in [0.5, 0.6) is 0 Å². The summed E-state index contributed by atoms with van der Waals surface area (Å²) in [5.41, 5.74) is 1.16. The molecule has 0 radical (unpaired) electrons. The van der Waals surface area contributed by atoms with Crippen molar-refractivity contribution in [3.8, 4) is 0 Å². The van der Waals surface area contributed by atoms with Crippen molar-refractivity contribution in [2.75, 3.05) is 7.05 Å². The van der Waals surface area contributed by atoms with E-state index in [0.717, 1.165) is 36.4 Å². The van der Waals surface area contributed by atoms with Gasteiger partial charge in [0, 0.05) is 13.0 Å². The first-order chi connectivity index (χ1) is 11.0. The van der Waals surface area contributed by atoms with E-state index < -0.39 is 5.97 Å². The number of aromatic nitrogens is 1. The molecule has 3 atom stereocenters. The molecule has 1 saturated carbocycles. The Morgan fingerprint density at radius 3 is 2.70 bits per heavy atom. The predicted octanol–water partition coefficient (Wildman–Crippen LogP) is 3.04. The Hall–Kier alpha value is -1.43. The molecule has 1 amide bonds. The lowest BCUT2D eigenvalue weighted by atomic mass is 9.95. The van der Waals surface area contributed by atoms with Gasteiger partial charge in [0.15, 0.2) is 0 Å². The molecule has 0 bridgehead atoms. The molecule has 0 spiro atoms. The van der Waals surface area contributed by atoms with Crippen LogP contribution >= 0.6 is 11.3 Å². The van der Waals surface area contributed by atoms with Crippen molar-refractivity contribution < 1.29 is 14.7 Å². The minimum atomic E-state index is -0.766. The van der Waals surface area contributed by atoms with Gasteiger partial charge in [-0.05, 0) is 44.9 Å². The summed E-state index contributed by atoms with van der Waals surface area (Å²) >= 11 is 1.74. The molecule has 5 nitrogen and oxygen atoms in total. The summed E-state index contributed by atoms with van der Waals surface area (Å²) in [6.45, 7) is 2.11. The van der Waals surface area contributed by atoms with Crippen molar-refractivity contribution >= 4 is 23.2 Å². The SMILES string of the molecule is CCc1nc2c(s1)C(N(C)C(=O)[C@@H]1CC[C@H](C(=O)O)C1)CCC2. The molecule has 1 N–H and O–H groups in total. The highest BCUT2D eigenvalue weighted by molar-refractivity contribution is 7.11. The van der Waals surface area contributed by atoms with E-state index in [4.69, 9.17) is 10.1 Å². The quantitative estimate of drug-likeness (QED) is 0.917. The Morgan fingerprint density at radius 2 is 2.04 bits per heavy atom. The van der Waals surface area contributed by atoms with Gasteiger partial charge in [-0.1, -0.05) is 6.92 Å². The first-order valence-corrected chi connectivity index (χ1v) is 9.30. The number of carboxylic acids is 1. The van der Waals surface area contributed by atoms with E-state index in [9.17, 15) is 9.59 Å². The maximum Gasteiger partial charge on any atom is 0.306 e. The molecule has 23 heavy (non-hydrogen) atoms. The average Bonchev–Trinajstić information content (AvgIpc) is 3.19. The Balaban J connectivity index is 1.74. The molecule has 2 aliphatic rings. The standard InChI is InChI=1S/C17H24N2O3S/c1-3-14-18-12-5-4-6-13(15(12)23-14)19(2)16(20)10-7-8-11(9-10)17(21)22/h10-11,13H,3-9H2,1-2H3,(H,21,22)/t10-,11+,13?/m1/s1. The topological polar surface area (TPSA) is 70.5 Å². The van der Waals surface area contributed by atoms with E-state index in [1.165, 1.54) is 4.88 Å². The lowest BCUT2D eigenvalue weighted by molar-refractivity contribution is -0.141. The molecular formula is C17H24N2O3S. The molecule has 0 aliphatic heterocycles. The zero-order chi connectivity index (χ0) is 16.6. The third-order valence-electron chi connectivity index (χ3n) is 5.21. The van der Waals surface area contributed by atoms with Crippen LogP contribution in [0.4, 0.5) is 0 Å². The number of carboxylic acid groups (broad SMARTS) is 1. The van der Waals surface area contributed by atoms with Crippen LogP contribution in [0.2, 0.25) is 0 Å². The number of hydrogen-bond donors (Lipinski definition) is 1. The van der Waals surface area contributed by atoms with Crippen molar-refractivity contribution in [2.45, 2.75) is 57.9 Å². The van der Waals surface area contributed by atoms with Crippen LogP contribution < -0.4 is 0 Å². The van der Waals surface area contributed by atoms with Crippen LogP contribution in [0.15, 0.2) is 0 Å². The van der Waals surface area contributed by atoms with Crippen LogP contribution in [-0.4, -0.2) is 33.9 Å². The molecule has 2 aliphatic carbocycles. The van der Waals surface area contributed by atoms with E-state index in [0.29, 0.717) is 19.3 Å². The number of fused-ring (bicyclic) bond motifs is 1. The third-order valence-corrected chi connectivity index (χ3v) is 6.56. The second kappa shape index (κ2) is 6.59. The minimum absolute atomic E-state index is 0.109. The Morgan fingerprint density at radius 1 is 1.30 bits per heavy atom. The van der Waals surface area contributed by atoms with Crippen molar-refractivity contribution in [1.82, 2.24) is 9.88 Å². The van der Waals surface area contributed by atoms with E-state index in [1.54, 1.807) is 11.3 Å². The summed E-state index contributed by atoms with van der Waals surface area (Å²) in [5, 5.41) is 10.3. The maximum atomic E-state index is 12.8. The summed E-state index contributed by atoms with van der Waals surface area (Å²) in [4.78, 5) is 31.7. The molecule has 0 aromatic carbocycles. The first kappa shape index (κ1) is 16.4. The van der Waals surface area contributed by atoms with Crippen molar-refractivity contribution in [2.24, 2.45) is 11.8 Å². The van der Waals surface area contributed by atoms with Gasteiger partial charge in [-0.15, -0.1) is 11.3 Å². The second-order valence-electron chi connectivity index (χ2n) is 6.67. The van der Waals surface area contributed by atoms with Gasteiger partial charge in [0.2, 0.25) is 5.91 Å². The predicted molar refractivity (Wildman–Crippen MR) is 88.4 cm³/mol. The number of nitrogens with zero attached hydrogens (tertiary/aromatic N) is 2. The van der Waals surface area contributed by atoms with Gasteiger partial charge in [0.05, 0.1) is 27.5 Å². The van der Waals surface area contributed by atoms with Crippen molar-refractivity contribution in [3.63, 3.8) is 0 Å². The summed E-state index contributed by atoms with van der Waals surface area (Å²) < 4.78 is 0. The zero-order valence-corrected chi connectivity index (χ0v) is 14.6. The smallest absolute Gasteiger partial charge is 0.306 e. The van der Waals surface area contributed by atoms with E-state index in [-0.39, 0.29) is 23.8 Å². The van der Waals surface area contributed by atoms with Crippen LogP contribution in [0, 0.1) is 11.8 Å². The lowest BCUT2D eigenvalue weighted by Gasteiger charge is -2.32. The van der Waals surface area contributed by atoms with Crippen molar-refractivity contribution in [3.05, 3.63) is 15.6 Å². The normalized spacial score (nSPS) is 26.8. The molecule has 1 fully saturated rings. The molecule has 1 aromatic rings. The van der Waals surface area contributed by atoms with Gasteiger partial charge in [0.25, 0.3) is 0 Å². The highest BCUT2D eigenvalue weighted by Gasteiger charge is 2.38. The number of carbonyl (C=O) groups excluding carboxylic acids is 1. The number of rotatable bonds is 4. The Labute approximate surface area is 140 Å². The van der Waals surface area contributed by atoms with Crippen LogP contribution in [0.3, 0.4) is 0 Å². The molecule has 1 unspecified atom stereocenters. The summed E-state index contributed by atoms with van der Waals surface area (Å²) in [5.74, 6) is -1.14. The van der Waals surface area contributed by atoms with E-state index >= 15 is 0 Å². The van der Waals surface area contributed by atoms with Gasteiger partial charge in [-0.2, -0.15) is 0 Å². The first-order valence-electron chi connectivity index (χ1n) is 8.49. The largest absolute Gasteiger partial charge is 0.481 e. The van der Waals surface area contributed by atoms with Gasteiger partial charge in [0.1, 0.15) is 0 Å². The van der Waals surface area contributed by atoms with Gasteiger partial charge in [-0.3, -0.25) is 9.59 Å². The average molecular weight is 336 g/mol. The fourth-order valence-electron chi connectivity index (χ4n) is 3.84. The fraction of sp³-hybridized carbons (Fsp3) is 0.706.